The van der Waals surface area contributed by atoms with Crippen LogP contribution in [-0.4, -0.2) is 220 Å². The SMILES string of the molecule is Bc1c(B)c(B)c(-c2c(B)c(B)c3c(B)c(-c4c5c(B)c(B)c(B)c(B)c5c(-c5c(B)c(B)c(B)c6oc7c8c(B)c(B)c(B)c(B)c8c(B)c(B)c7c56)c5c(B)c(B)c(B)c(B)c45)c(B)c(B)c3c2B)c(B)c1B. The Hall–Kier alpha value is -4.36. The van der Waals surface area contributed by atoms with Crippen LogP contribution in [0.1, 0.15) is 0 Å². The van der Waals surface area contributed by atoms with Crippen molar-refractivity contribution in [1.82, 2.24) is 0 Å². The lowest BCUT2D eigenvalue weighted by molar-refractivity contribution is 0.676. The minimum atomic E-state index is 1.02. The van der Waals surface area contributed by atoms with Crippen LogP contribution < -0.4 is 153 Å². The van der Waals surface area contributed by atoms with Crippen molar-refractivity contribution in [1.29, 1.82) is 0 Å². The fraction of sp³-hybridized carbons (Fsp3) is 0. The molecule has 0 radical (unpaired) electrons. The average molecular weight is 928 g/mol. The van der Waals surface area contributed by atoms with Gasteiger partial charge in [0.2, 0.25) is 0 Å². The molecule has 1 aromatic heterocycles. The molecule has 9 aromatic carbocycles. The summed E-state index contributed by atoms with van der Waals surface area (Å²) in [6.45, 7) is 0. The molecule has 0 saturated heterocycles. The quantitative estimate of drug-likeness (QED) is 0.127. The third-order valence-electron chi connectivity index (χ3n) is 21.7. The van der Waals surface area contributed by atoms with Gasteiger partial charge in [-0.15, -0.1) is 49.2 Å². The van der Waals surface area contributed by atoms with E-state index in [1.165, 1.54) is 240 Å². The number of benzene rings is 9. The van der Waals surface area contributed by atoms with E-state index in [9.17, 15) is 0 Å². The van der Waals surface area contributed by atoms with E-state index in [0.29, 0.717) is 0 Å². The van der Waals surface area contributed by atoms with Crippen molar-refractivity contribution in [2.45, 2.75) is 0 Å². The van der Waals surface area contributed by atoms with Gasteiger partial charge in [0, 0.05) is 16.2 Å². The second-order valence-electron chi connectivity index (χ2n) is 24.3. The van der Waals surface area contributed by atoms with Crippen LogP contribution >= 0.6 is 0 Å². The van der Waals surface area contributed by atoms with Crippen LogP contribution in [0.5, 0.6) is 0 Å². The molecule has 0 N–H and O–H groups in total. The smallest absolute Gasteiger partial charge is 0.143 e. The van der Waals surface area contributed by atoms with Crippen molar-refractivity contribution >= 4 is 438 Å². The Morgan fingerprint density at radius 3 is 0.720 bits per heavy atom. The maximum Gasteiger partial charge on any atom is 0.143 e. The Morgan fingerprint density at radius 2 is 0.320 bits per heavy atom. The Morgan fingerprint density at radius 1 is 0.120 bits per heavy atom. The molecule has 0 aliphatic rings. The van der Waals surface area contributed by atoms with Gasteiger partial charge in [-0.3, -0.25) is 0 Å². The molecule has 0 spiro atoms. The summed E-state index contributed by atoms with van der Waals surface area (Å²) in [7, 11) is 66.4. The first-order valence-electron chi connectivity index (χ1n) is 27.9. The van der Waals surface area contributed by atoms with Crippen LogP contribution in [0.2, 0.25) is 0 Å². The van der Waals surface area contributed by atoms with E-state index in [0.717, 1.165) is 11.2 Å². The lowest BCUT2D eigenvalue weighted by Crippen LogP contribution is -2.56. The molecule has 0 aliphatic heterocycles. The summed E-state index contributed by atoms with van der Waals surface area (Å²) in [5, 5.41) is 13.5. The van der Waals surface area contributed by atoms with E-state index in [1.54, 1.807) is 0 Å². The zero-order valence-corrected chi connectivity index (χ0v) is 51.4. The lowest BCUT2D eigenvalue weighted by atomic mass is 9.55. The average Bonchev–Trinajstić information content (AvgIpc) is 3.77. The Kier molecular flexibility index (Phi) is 13.0. The number of fused-ring (bicyclic) bond motifs is 8. The molecule has 0 saturated carbocycles. The van der Waals surface area contributed by atoms with E-state index in [2.05, 4.69) is 220 Å². The van der Waals surface area contributed by atoms with Crippen molar-refractivity contribution in [2.75, 3.05) is 0 Å². The first kappa shape index (κ1) is 54.0. The summed E-state index contributed by atoms with van der Waals surface area (Å²) in [6.07, 6.45) is 0. The summed E-state index contributed by atoms with van der Waals surface area (Å²) in [5.41, 5.74) is 48.7. The van der Waals surface area contributed by atoms with Crippen LogP contribution in [0.15, 0.2) is 4.42 Å². The molecule has 1 heterocycles. The van der Waals surface area contributed by atoms with Crippen LogP contribution in [-0.2, 0) is 0 Å². The Bertz CT molecular complexity index is 4330. The second-order valence-corrected chi connectivity index (χ2v) is 24.3. The second kappa shape index (κ2) is 18.1. The van der Waals surface area contributed by atoms with E-state index < -0.39 is 0 Å². The van der Waals surface area contributed by atoms with Gasteiger partial charge in [0.1, 0.15) is 231 Å². The van der Waals surface area contributed by atoms with Crippen LogP contribution in [0.25, 0.3) is 98.4 Å². The van der Waals surface area contributed by atoms with Gasteiger partial charge in [-0.25, -0.2) is 0 Å². The molecule has 0 fully saturated rings. The highest BCUT2D eigenvalue weighted by molar-refractivity contribution is 6.78. The zero-order chi connectivity index (χ0) is 55.3. The van der Waals surface area contributed by atoms with Crippen molar-refractivity contribution in [2.24, 2.45) is 0 Å². The predicted molar refractivity (Wildman–Crippen MR) is 429 cm³/mol. The summed E-state index contributed by atoms with van der Waals surface area (Å²) < 4.78 is 7.55. The van der Waals surface area contributed by atoms with Gasteiger partial charge in [-0.05, 0) is 71.1 Å². The molecule has 0 amide bonds. The third kappa shape index (κ3) is 6.85. The molecular weight excluding hydrogens is 871 g/mol. The summed E-state index contributed by atoms with van der Waals surface area (Å²) in [4.78, 5) is 0. The largest absolute Gasteiger partial charge is 0.456 e. The highest BCUT2D eigenvalue weighted by Crippen LogP contribution is 2.43. The van der Waals surface area contributed by atoms with Gasteiger partial charge in [-0.1, -0.05) is 104 Å². The molecule has 10 aromatic rings. The van der Waals surface area contributed by atoms with Crippen LogP contribution in [0.4, 0.5) is 0 Å². The standard InChI is InChI=1S/C46H56B28O/c47-17-9(24(54)25(55)11-10(17)26(56)27(57)12(18(11)48)13-29(59)39(69)43(73)40(70)30(13)60)2-5-3(19(49)34(64)36(66)21(5)51)1(4-6(2)22(52)37(67)35(65)20(4)50)7-8-15-32(62)28(58)14-16(33(63)41(71)38(68)31(14)61)45(15)75-46(8)44(74)42(72)23(7)53/h47-74H2. The third-order valence-corrected chi connectivity index (χ3v) is 21.7. The first-order chi connectivity index (χ1) is 35.0. The molecule has 1 nitrogen and oxygen atoms in total. The van der Waals surface area contributed by atoms with Crippen molar-refractivity contribution in [3.63, 3.8) is 0 Å². The predicted octanol–water partition coefficient (Wildman–Crippen LogP) is -35.6. The van der Waals surface area contributed by atoms with E-state index >= 15 is 0 Å². The summed E-state index contributed by atoms with van der Waals surface area (Å²) >= 11 is 0. The Labute approximate surface area is 472 Å². The van der Waals surface area contributed by atoms with Crippen LogP contribution in [0.3, 0.4) is 0 Å². The maximum absolute atomic E-state index is 7.55. The molecule has 29 heteroatoms. The topological polar surface area (TPSA) is 13.1 Å². The normalized spacial score (nSPS) is 11.9. The van der Waals surface area contributed by atoms with Gasteiger partial charge in [0.25, 0.3) is 0 Å². The van der Waals surface area contributed by atoms with Gasteiger partial charge < -0.3 is 4.42 Å². The van der Waals surface area contributed by atoms with Crippen molar-refractivity contribution in [3.05, 3.63) is 0 Å². The highest BCUT2D eigenvalue weighted by atomic mass is 16.3. The first-order valence-corrected chi connectivity index (χ1v) is 27.9. The molecule has 0 atom stereocenters. The van der Waals surface area contributed by atoms with Crippen molar-refractivity contribution < 1.29 is 4.42 Å². The van der Waals surface area contributed by atoms with Crippen LogP contribution in [0, 0.1) is 0 Å². The fourth-order valence-corrected chi connectivity index (χ4v) is 15.2. The minimum Gasteiger partial charge on any atom is -0.456 e. The molecule has 0 unspecified atom stereocenters. The highest BCUT2D eigenvalue weighted by Gasteiger charge is 2.32. The molecule has 0 bridgehead atoms. The summed E-state index contributed by atoms with van der Waals surface area (Å²) in [5.74, 6) is 0. The van der Waals surface area contributed by atoms with E-state index in [-0.39, 0.29) is 0 Å². The minimum absolute atomic E-state index is 1.02. The molecule has 330 valence electrons. The number of rotatable bonds is 3. The monoisotopic (exact) mass is 933 g/mol. The summed E-state index contributed by atoms with van der Waals surface area (Å²) in [6, 6.07) is 0. The number of hydrogen-bond donors (Lipinski definition) is 0. The Balaban J connectivity index is 1.50. The van der Waals surface area contributed by atoms with Gasteiger partial charge in [0.15, 0.2) is 0 Å². The van der Waals surface area contributed by atoms with Gasteiger partial charge >= 0.3 is 0 Å². The fourth-order valence-electron chi connectivity index (χ4n) is 15.2. The number of hydrogen-bond acceptors (Lipinski definition) is 1. The molecule has 0 aliphatic carbocycles. The molecular formula is C46H56B28O. The maximum atomic E-state index is 7.55. The van der Waals surface area contributed by atoms with Crippen molar-refractivity contribution in [3.8, 4) is 33.4 Å². The van der Waals surface area contributed by atoms with Gasteiger partial charge in [-0.2, -0.15) is 0 Å². The zero-order valence-electron chi connectivity index (χ0n) is 51.4. The number of furan rings is 1. The van der Waals surface area contributed by atoms with Gasteiger partial charge in [0.05, 0.1) is 0 Å². The lowest BCUT2D eigenvalue weighted by Gasteiger charge is -2.32. The molecule has 10 rings (SSSR count). The van der Waals surface area contributed by atoms with E-state index in [1.807, 2.05) is 0 Å². The molecule has 75 heavy (non-hydrogen) atoms. The van der Waals surface area contributed by atoms with E-state index in [4.69, 9.17) is 4.42 Å².